The average Bonchev–Trinajstić information content (AvgIpc) is 2.63. The van der Waals surface area contributed by atoms with Gasteiger partial charge in [-0.05, 0) is 27.0 Å². The van der Waals surface area contributed by atoms with Crippen molar-refractivity contribution in [1.82, 2.24) is 15.1 Å². The van der Waals surface area contributed by atoms with Crippen LogP contribution in [0, 0.1) is 6.92 Å². The van der Waals surface area contributed by atoms with Crippen LogP contribution in [0.3, 0.4) is 0 Å². The van der Waals surface area contributed by atoms with Gasteiger partial charge in [0.1, 0.15) is 5.54 Å². The normalized spacial score (nSPS) is 14.4. The highest BCUT2D eigenvalue weighted by Gasteiger charge is 2.32. The molecule has 1 N–H and O–H groups in total. The fourth-order valence-corrected chi connectivity index (χ4v) is 2.58. The lowest BCUT2D eigenvalue weighted by Gasteiger charge is -2.25. The van der Waals surface area contributed by atoms with Crippen LogP contribution in [0.1, 0.15) is 12.6 Å². The number of likely N-dealkylation sites (N-methyl/N-ethyl adjacent to an activating group) is 1. The first-order valence-corrected chi connectivity index (χ1v) is 6.32. The number of hydrogen-bond donors (Lipinski definition) is 1. The minimum atomic E-state index is -0.683. The molecule has 0 fully saturated rings. The topological polar surface area (TPSA) is 56.2 Å². The van der Waals surface area contributed by atoms with Crippen molar-refractivity contribution in [2.24, 2.45) is 7.05 Å². The molecule has 0 saturated heterocycles. The minimum Gasteiger partial charge on any atom is -0.468 e. The minimum absolute atomic E-state index is 0.258. The van der Waals surface area contributed by atoms with Crippen LogP contribution in [0.25, 0.3) is 0 Å². The number of thioether (sulfide) groups is 1. The molecule has 0 aliphatic carbocycles. The molecule has 0 aliphatic rings. The second-order valence-corrected chi connectivity index (χ2v) is 5.11. The molecule has 0 radical (unpaired) electrons. The Morgan fingerprint density at radius 3 is 2.76 bits per heavy atom. The van der Waals surface area contributed by atoms with Crippen molar-refractivity contribution in [2.45, 2.75) is 24.4 Å². The zero-order chi connectivity index (χ0) is 13.1. The van der Waals surface area contributed by atoms with E-state index in [0.717, 1.165) is 10.7 Å². The second-order valence-electron chi connectivity index (χ2n) is 4.11. The Labute approximate surface area is 106 Å². The van der Waals surface area contributed by atoms with Gasteiger partial charge in [0, 0.05) is 12.8 Å². The highest BCUT2D eigenvalue weighted by Crippen LogP contribution is 2.23. The van der Waals surface area contributed by atoms with Crippen molar-refractivity contribution in [3.63, 3.8) is 0 Å². The van der Waals surface area contributed by atoms with E-state index in [2.05, 4.69) is 10.4 Å². The molecular formula is C11H19N3O2S. The number of ether oxygens (including phenoxy) is 1. The van der Waals surface area contributed by atoms with Gasteiger partial charge in [0.25, 0.3) is 0 Å². The SMILES string of the molecule is CNC(C)(CSc1cc(C)nn1C)C(=O)OC. The first-order chi connectivity index (χ1) is 7.92. The summed E-state index contributed by atoms with van der Waals surface area (Å²) < 4.78 is 6.61. The zero-order valence-corrected chi connectivity index (χ0v) is 11.7. The van der Waals surface area contributed by atoms with Crippen LogP contribution in [0.15, 0.2) is 11.1 Å². The van der Waals surface area contributed by atoms with Gasteiger partial charge < -0.3 is 10.1 Å². The summed E-state index contributed by atoms with van der Waals surface area (Å²) in [5.41, 5.74) is 0.289. The van der Waals surface area contributed by atoms with E-state index in [-0.39, 0.29) is 5.97 Å². The van der Waals surface area contributed by atoms with Crippen molar-refractivity contribution in [3.05, 3.63) is 11.8 Å². The van der Waals surface area contributed by atoms with Crippen molar-refractivity contribution in [1.29, 1.82) is 0 Å². The lowest BCUT2D eigenvalue weighted by atomic mass is 10.1. The zero-order valence-electron chi connectivity index (χ0n) is 10.9. The fraction of sp³-hybridized carbons (Fsp3) is 0.636. The smallest absolute Gasteiger partial charge is 0.326 e. The quantitative estimate of drug-likeness (QED) is 0.629. The van der Waals surface area contributed by atoms with Crippen molar-refractivity contribution in [2.75, 3.05) is 19.9 Å². The van der Waals surface area contributed by atoms with E-state index < -0.39 is 5.54 Å². The van der Waals surface area contributed by atoms with Crippen LogP contribution in [0.4, 0.5) is 0 Å². The van der Waals surface area contributed by atoms with Gasteiger partial charge in [-0.15, -0.1) is 11.8 Å². The maximum absolute atomic E-state index is 11.7. The number of esters is 1. The molecule has 0 aliphatic heterocycles. The Hall–Kier alpha value is -1.01. The summed E-state index contributed by atoms with van der Waals surface area (Å²) in [5, 5.41) is 8.30. The summed E-state index contributed by atoms with van der Waals surface area (Å²) in [6, 6.07) is 2.00. The molecule has 0 bridgehead atoms. The summed E-state index contributed by atoms with van der Waals surface area (Å²) in [6.07, 6.45) is 0. The first-order valence-electron chi connectivity index (χ1n) is 5.33. The third kappa shape index (κ3) is 3.23. The molecule has 1 rings (SSSR count). The molecule has 1 atom stereocenters. The Morgan fingerprint density at radius 2 is 2.35 bits per heavy atom. The fourth-order valence-electron chi connectivity index (χ4n) is 1.40. The van der Waals surface area contributed by atoms with E-state index in [1.54, 1.807) is 18.8 Å². The van der Waals surface area contributed by atoms with Gasteiger partial charge in [-0.2, -0.15) is 5.10 Å². The summed E-state index contributed by atoms with van der Waals surface area (Å²) in [5.74, 6) is 0.334. The first kappa shape index (κ1) is 14.1. The van der Waals surface area contributed by atoms with Crippen LogP contribution >= 0.6 is 11.8 Å². The van der Waals surface area contributed by atoms with Crippen LogP contribution < -0.4 is 5.32 Å². The van der Waals surface area contributed by atoms with E-state index in [1.165, 1.54) is 7.11 Å². The lowest BCUT2D eigenvalue weighted by molar-refractivity contribution is -0.146. The van der Waals surface area contributed by atoms with E-state index >= 15 is 0 Å². The monoisotopic (exact) mass is 257 g/mol. The molecule has 5 nitrogen and oxygen atoms in total. The Morgan fingerprint density at radius 1 is 1.71 bits per heavy atom. The maximum atomic E-state index is 11.7. The third-order valence-electron chi connectivity index (χ3n) is 2.66. The van der Waals surface area contributed by atoms with Crippen molar-refractivity contribution < 1.29 is 9.53 Å². The number of nitrogens with one attached hydrogen (secondary N) is 1. The van der Waals surface area contributed by atoms with Gasteiger partial charge in [0.05, 0.1) is 17.8 Å². The number of hydrogen-bond acceptors (Lipinski definition) is 5. The molecule has 0 saturated carbocycles. The largest absolute Gasteiger partial charge is 0.468 e. The molecular weight excluding hydrogens is 238 g/mol. The van der Waals surface area contributed by atoms with Gasteiger partial charge >= 0.3 is 5.97 Å². The number of carbonyl (C=O) groups is 1. The third-order valence-corrected chi connectivity index (χ3v) is 4.05. The van der Waals surface area contributed by atoms with Crippen LogP contribution in [-0.2, 0) is 16.6 Å². The molecule has 0 spiro atoms. The molecule has 96 valence electrons. The van der Waals surface area contributed by atoms with E-state index in [0.29, 0.717) is 5.75 Å². The van der Waals surface area contributed by atoms with Crippen molar-refractivity contribution >= 4 is 17.7 Å². The highest BCUT2D eigenvalue weighted by atomic mass is 32.2. The van der Waals surface area contributed by atoms with Crippen LogP contribution in [-0.4, -0.2) is 41.2 Å². The number of carbonyl (C=O) groups excluding carboxylic acids is 1. The molecule has 0 amide bonds. The number of rotatable bonds is 5. The van der Waals surface area contributed by atoms with Gasteiger partial charge in [-0.25, -0.2) is 0 Å². The van der Waals surface area contributed by atoms with Gasteiger partial charge in [-0.3, -0.25) is 9.48 Å². The lowest BCUT2D eigenvalue weighted by Crippen LogP contribution is -2.50. The maximum Gasteiger partial charge on any atom is 0.326 e. The number of nitrogens with zero attached hydrogens (tertiary/aromatic N) is 2. The summed E-state index contributed by atoms with van der Waals surface area (Å²) in [4.78, 5) is 11.7. The van der Waals surface area contributed by atoms with Gasteiger partial charge in [0.15, 0.2) is 0 Å². The number of aryl methyl sites for hydroxylation is 2. The summed E-state index contributed by atoms with van der Waals surface area (Å²) in [7, 11) is 5.05. The molecule has 1 heterocycles. The molecule has 1 aromatic rings. The van der Waals surface area contributed by atoms with Gasteiger partial charge in [-0.1, -0.05) is 0 Å². The average molecular weight is 257 g/mol. The Bertz CT molecular complexity index is 405. The predicted molar refractivity (Wildman–Crippen MR) is 68.1 cm³/mol. The summed E-state index contributed by atoms with van der Waals surface area (Å²) in [6.45, 7) is 3.77. The molecule has 6 heteroatoms. The van der Waals surface area contributed by atoms with Crippen LogP contribution in [0.5, 0.6) is 0 Å². The highest BCUT2D eigenvalue weighted by molar-refractivity contribution is 7.99. The van der Waals surface area contributed by atoms with E-state index in [9.17, 15) is 4.79 Å². The summed E-state index contributed by atoms with van der Waals surface area (Å²) >= 11 is 1.58. The molecule has 1 aromatic heterocycles. The molecule has 1 unspecified atom stereocenters. The van der Waals surface area contributed by atoms with E-state index in [4.69, 9.17) is 4.74 Å². The Kier molecular flexibility index (Phi) is 4.59. The van der Waals surface area contributed by atoms with E-state index in [1.807, 2.05) is 31.6 Å². The standard InChI is InChI=1S/C11H19N3O2S/c1-8-6-9(14(4)13-8)17-7-11(2,12-3)10(15)16-5/h6,12H,7H2,1-5H3. The number of methoxy groups -OCH3 is 1. The van der Waals surface area contributed by atoms with Gasteiger partial charge in [0.2, 0.25) is 0 Å². The Balaban J connectivity index is 2.71. The van der Waals surface area contributed by atoms with Crippen LogP contribution in [0.2, 0.25) is 0 Å². The molecule has 0 aromatic carbocycles. The molecule has 17 heavy (non-hydrogen) atoms. The second kappa shape index (κ2) is 5.55. The number of aromatic nitrogens is 2. The predicted octanol–water partition coefficient (Wildman–Crippen LogP) is 0.972. The van der Waals surface area contributed by atoms with Crippen molar-refractivity contribution in [3.8, 4) is 0 Å².